The van der Waals surface area contributed by atoms with E-state index in [1.165, 1.54) is 18.6 Å². The minimum Gasteiger partial charge on any atom is -0.453 e. The molecule has 12 heteroatoms. The van der Waals surface area contributed by atoms with Gasteiger partial charge in [-0.25, -0.2) is 14.4 Å². The molecule has 3 heterocycles. The number of nitrogens with zero attached hydrogens (tertiary/aromatic N) is 5. The Morgan fingerprint density at radius 1 is 1.15 bits per heavy atom. The summed E-state index contributed by atoms with van der Waals surface area (Å²) in [7, 11) is -1.93. The number of ether oxygens (including phenoxy) is 1. The number of nitrogens with one attached hydrogen (secondary N) is 2. The second-order valence-electron chi connectivity index (χ2n) is 10.1. The zero-order chi connectivity index (χ0) is 29.6. The predicted octanol–water partition coefficient (Wildman–Crippen LogP) is 6.66. The highest BCUT2D eigenvalue weighted by Gasteiger charge is 2.17. The number of hydrogen-bond acceptors (Lipinski definition) is 9. The van der Waals surface area contributed by atoms with Gasteiger partial charge >= 0.3 is 0 Å². The van der Waals surface area contributed by atoms with Crippen LogP contribution in [-0.4, -0.2) is 30.6 Å². The highest BCUT2D eigenvalue weighted by molar-refractivity contribution is 7.73. The number of benzene rings is 2. The first-order valence-electron chi connectivity index (χ1n) is 12.5. The van der Waals surface area contributed by atoms with Crippen molar-refractivity contribution in [1.82, 2.24) is 24.7 Å². The molecule has 0 radical (unpaired) electrons. The normalized spacial score (nSPS) is 11.2. The lowest BCUT2D eigenvalue weighted by atomic mass is 10.1. The van der Waals surface area contributed by atoms with Crippen LogP contribution in [0.3, 0.4) is 0 Å². The van der Waals surface area contributed by atoms with Gasteiger partial charge in [0.15, 0.2) is 11.6 Å². The maximum absolute atomic E-state index is 15.1. The molecule has 41 heavy (non-hydrogen) atoms. The van der Waals surface area contributed by atoms with Crippen LogP contribution in [0.1, 0.15) is 34.8 Å². The summed E-state index contributed by atoms with van der Waals surface area (Å²) in [5.41, 5.74) is 1.94. The molecule has 0 aliphatic rings. The molecule has 0 saturated carbocycles. The Hall–Kier alpha value is -4.71. The van der Waals surface area contributed by atoms with E-state index in [1.54, 1.807) is 72.8 Å². The summed E-state index contributed by atoms with van der Waals surface area (Å²) in [6, 6.07) is 11.1. The van der Waals surface area contributed by atoms with E-state index in [4.69, 9.17) is 9.52 Å². The fraction of sp³-hybridized carbons (Fsp3) is 0.207. The van der Waals surface area contributed by atoms with Gasteiger partial charge in [0.1, 0.15) is 12.1 Å². The monoisotopic (exact) mass is 578 g/mol. The molecule has 2 aromatic carbocycles. The third-order valence-corrected chi connectivity index (χ3v) is 6.47. The van der Waals surface area contributed by atoms with Crippen LogP contribution in [0.5, 0.6) is 11.5 Å². The summed E-state index contributed by atoms with van der Waals surface area (Å²) >= 11 is 0. The Bertz CT molecular complexity index is 1700. The van der Waals surface area contributed by atoms with E-state index >= 15 is 4.39 Å². The summed E-state index contributed by atoms with van der Waals surface area (Å²) < 4.78 is 41.7. The molecule has 0 fully saturated rings. The van der Waals surface area contributed by atoms with Crippen molar-refractivity contribution in [1.29, 1.82) is 4.78 Å². The molecule has 5 aromatic rings. The van der Waals surface area contributed by atoms with Crippen LogP contribution < -0.4 is 10.1 Å². The fourth-order valence-corrected chi connectivity index (χ4v) is 4.26. The van der Waals surface area contributed by atoms with Crippen LogP contribution >= 0.6 is 0 Å². The van der Waals surface area contributed by atoms with Crippen molar-refractivity contribution in [2.45, 2.75) is 44.6 Å². The van der Waals surface area contributed by atoms with Crippen molar-refractivity contribution in [3.05, 3.63) is 96.7 Å². The molecule has 0 spiro atoms. The zero-order valence-electron chi connectivity index (χ0n) is 23.0. The number of carbonyl (C=O) groups excluding carboxylic acids is 1. The largest absolute Gasteiger partial charge is 0.453 e. The molecule has 5 rings (SSSR count). The van der Waals surface area contributed by atoms with Crippen molar-refractivity contribution in [3.63, 3.8) is 0 Å². The molecule has 2 N–H and O–H groups in total. The summed E-state index contributed by atoms with van der Waals surface area (Å²) in [6.45, 7) is 7.71. The van der Waals surface area contributed by atoms with Gasteiger partial charge in [-0.05, 0) is 63.1 Å². The van der Waals surface area contributed by atoms with E-state index in [2.05, 4.69) is 25.4 Å². The Morgan fingerprint density at radius 3 is 2.49 bits per heavy atom. The summed E-state index contributed by atoms with van der Waals surface area (Å²) in [5.74, 6) is -0.559. The lowest BCUT2D eigenvalue weighted by Crippen LogP contribution is -2.22. The molecular formula is C29H33FN7O3S-. The van der Waals surface area contributed by atoms with Crippen molar-refractivity contribution in [2.75, 3.05) is 5.32 Å². The third-order valence-electron chi connectivity index (χ3n) is 5.78. The van der Waals surface area contributed by atoms with Gasteiger partial charge in [-0.3, -0.25) is 14.5 Å². The van der Waals surface area contributed by atoms with Crippen molar-refractivity contribution in [2.24, 2.45) is 0 Å². The molecule has 1 amide bonds. The number of fused-ring (bicyclic) bond motifs is 1. The van der Waals surface area contributed by atoms with Crippen LogP contribution in [0.15, 0.2) is 84.7 Å². The highest BCUT2D eigenvalue weighted by Crippen LogP contribution is 2.34. The minimum absolute atomic E-state index is 0. The maximum atomic E-state index is 15.1. The van der Waals surface area contributed by atoms with Gasteiger partial charge in [0, 0.05) is 33.0 Å². The highest BCUT2D eigenvalue weighted by atomic mass is 32.2. The molecular weight excluding hydrogens is 545 g/mol. The van der Waals surface area contributed by atoms with Crippen molar-refractivity contribution < 1.29 is 21.0 Å². The number of aryl methyl sites for hydroxylation is 1. The van der Waals surface area contributed by atoms with E-state index in [0.717, 1.165) is 0 Å². The molecule has 0 unspecified atom stereocenters. The van der Waals surface area contributed by atoms with Gasteiger partial charge in [0.25, 0.3) is 0 Å². The number of anilines is 1. The van der Waals surface area contributed by atoms with Gasteiger partial charge < -0.3 is 19.0 Å². The van der Waals surface area contributed by atoms with Gasteiger partial charge in [-0.2, -0.15) is 15.7 Å². The average Bonchev–Trinajstić information content (AvgIpc) is 3.41. The first-order valence-corrected chi connectivity index (χ1v) is 13.7. The summed E-state index contributed by atoms with van der Waals surface area (Å²) in [5, 5.41) is 7.56. The summed E-state index contributed by atoms with van der Waals surface area (Å²) in [4.78, 5) is 24.4. The van der Waals surface area contributed by atoms with Crippen LogP contribution in [0, 0.1) is 17.5 Å². The lowest BCUT2D eigenvalue weighted by molar-refractivity contribution is -0.115. The molecule has 0 saturated heterocycles. The second kappa shape index (κ2) is 12.6. The quantitative estimate of drug-likeness (QED) is 0.215. The Morgan fingerprint density at radius 2 is 1.90 bits per heavy atom. The molecule has 10 nitrogen and oxygen atoms in total. The molecule has 0 aliphatic heterocycles. The van der Waals surface area contributed by atoms with E-state index in [0.29, 0.717) is 38.4 Å². The van der Waals surface area contributed by atoms with Crippen LogP contribution in [0.25, 0.3) is 10.9 Å². The molecule has 0 atom stereocenters. The molecule has 0 aliphatic carbocycles. The Labute approximate surface area is 241 Å². The SMILES string of the molecule is Cc1cc(CC(=O)Nc2cnn(C(C)(C)C)c2)cc(F)c1Oc1ccnc2ccc([S-](=N)=O)cc12.[HH].[HH].c1cncnc1. The number of rotatable bonds is 6. The zero-order valence-corrected chi connectivity index (χ0v) is 23.8. The van der Waals surface area contributed by atoms with Crippen molar-refractivity contribution >= 4 is 33.1 Å². The second-order valence-corrected chi connectivity index (χ2v) is 11.1. The smallest absolute Gasteiger partial charge is 0.228 e. The van der Waals surface area contributed by atoms with Gasteiger partial charge in [-0.1, -0.05) is 23.1 Å². The van der Waals surface area contributed by atoms with E-state index in [-0.39, 0.29) is 26.5 Å². The van der Waals surface area contributed by atoms with E-state index in [1.807, 2.05) is 20.8 Å². The Kier molecular flexibility index (Phi) is 9.03. The maximum Gasteiger partial charge on any atom is 0.228 e. The number of hydrogen-bond donors (Lipinski definition) is 2. The number of carbonyl (C=O) groups is 1. The fourth-order valence-electron chi connectivity index (χ4n) is 3.85. The predicted molar refractivity (Wildman–Crippen MR) is 158 cm³/mol. The number of amides is 1. The summed E-state index contributed by atoms with van der Waals surface area (Å²) in [6.07, 6.45) is 9.71. The standard InChI is InChI=1S/C25H25FN5O3S.C4H4N2.2H2/c1-15-9-16(11-23(32)30-17-13-29-31(14-17)25(2,3)4)10-20(26)24(15)34-22-7-8-28-21-6-5-18(35(27)33)12-19(21)22;1-2-5-4-6-3-1;;/h5-10,12-14,27H,11H2,1-4H3,(H,30,32);1-4H;2*1H/q-1;;;. The van der Waals surface area contributed by atoms with E-state index in [9.17, 15) is 9.00 Å². The molecule has 216 valence electrons. The van der Waals surface area contributed by atoms with Gasteiger partial charge in [0.05, 0.1) is 29.4 Å². The first kappa shape index (κ1) is 29.3. The third kappa shape index (κ3) is 7.70. The van der Waals surface area contributed by atoms with Crippen LogP contribution in [0.2, 0.25) is 0 Å². The van der Waals surface area contributed by atoms with Crippen molar-refractivity contribution in [3.8, 4) is 11.5 Å². The van der Waals surface area contributed by atoms with Gasteiger partial charge in [-0.15, -0.1) is 0 Å². The lowest BCUT2D eigenvalue weighted by Gasteiger charge is -2.18. The molecule has 0 bridgehead atoms. The first-order chi connectivity index (χ1) is 19.5. The van der Waals surface area contributed by atoms with Gasteiger partial charge in [0.2, 0.25) is 5.91 Å². The number of halogens is 1. The minimum atomic E-state index is -1.93. The Balaban J connectivity index is 0.000000720. The number of pyridine rings is 1. The number of aromatic nitrogens is 5. The van der Waals surface area contributed by atoms with Crippen LogP contribution in [0.4, 0.5) is 10.1 Å². The van der Waals surface area contributed by atoms with Crippen LogP contribution in [-0.2, 0) is 31.6 Å². The average molecular weight is 579 g/mol. The molecule has 3 aromatic heterocycles. The van der Waals surface area contributed by atoms with E-state index < -0.39 is 16.4 Å². The topological polar surface area (TPSA) is 136 Å².